The van der Waals surface area contributed by atoms with Crippen molar-refractivity contribution < 1.29 is 5.11 Å². The van der Waals surface area contributed by atoms with E-state index in [0.717, 1.165) is 34.0 Å². The first-order chi connectivity index (χ1) is 9.28. The highest BCUT2D eigenvalue weighted by Gasteiger charge is 2.26. The maximum Gasteiger partial charge on any atom is 0.186 e. The highest BCUT2D eigenvalue weighted by molar-refractivity contribution is 7.22. The Morgan fingerprint density at radius 3 is 2.95 bits per heavy atom. The number of aliphatic hydroxyl groups is 1. The quantitative estimate of drug-likeness (QED) is 0.825. The molecule has 1 aliphatic carbocycles. The second-order valence-corrected chi connectivity index (χ2v) is 6.09. The van der Waals surface area contributed by atoms with Gasteiger partial charge in [0, 0.05) is 24.9 Å². The zero-order valence-corrected chi connectivity index (χ0v) is 11.7. The third-order valence-electron chi connectivity index (χ3n) is 3.72. The maximum atomic E-state index is 9.05. The van der Waals surface area contributed by atoms with Crippen molar-refractivity contribution in [3.8, 4) is 0 Å². The number of thiazole rings is 1. The molecule has 2 aromatic rings. The van der Waals surface area contributed by atoms with E-state index in [9.17, 15) is 0 Å². The van der Waals surface area contributed by atoms with Crippen LogP contribution in [0.4, 0.5) is 10.8 Å². The second-order valence-electron chi connectivity index (χ2n) is 5.08. The Morgan fingerprint density at radius 1 is 1.42 bits per heavy atom. The Kier molecular flexibility index (Phi) is 3.57. The highest BCUT2D eigenvalue weighted by atomic mass is 32.1. The molecule has 0 saturated heterocycles. The van der Waals surface area contributed by atoms with Crippen molar-refractivity contribution in [1.29, 1.82) is 0 Å². The van der Waals surface area contributed by atoms with Crippen molar-refractivity contribution in [2.75, 3.05) is 23.8 Å². The number of benzene rings is 1. The molecule has 1 fully saturated rings. The van der Waals surface area contributed by atoms with Crippen molar-refractivity contribution in [2.45, 2.75) is 31.7 Å². The van der Waals surface area contributed by atoms with E-state index in [4.69, 9.17) is 15.8 Å². The molecule has 1 aliphatic rings. The fourth-order valence-electron chi connectivity index (χ4n) is 2.43. The molecule has 1 heterocycles. The van der Waals surface area contributed by atoms with Crippen molar-refractivity contribution in [3.05, 3.63) is 18.2 Å². The molecule has 3 rings (SSSR count). The Labute approximate surface area is 116 Å². The van der Waals surface area contributed by atoms with Crippen LogP contribution in [-0.4, -0.2) is 29.3 Å². The lowest BCUT2D eigenvalue weighted by atomic mass is 9.92. The SMILES string of the molecule is Nc1ccc2nc(N(CCCO)C3CCC3)sc2c1. The number of nitrogen functional groups attached to an aromatic ring is 1. The molecular formula is C14H19N3OS. The number of aliphatic hydroxyl groups excluding tert-OH is 1. The summed E-state index contributed by atoms with van der Waals surface area (Å²) < 4.78 is 1.14. The van der Waals surface area contributed by atoms with Crippen LogP contribution in [0.1, 0.15) is 25.7 Å². The topological polar surface area (TPSA) is 62.4 Å². The van der Waals surface area contributed by atoms with Gasteiger partial charge < -0.3 is 15.7 Å². The fraction of sp³-hybridized carbons (Fsp3) is 0.500. The van der Waals surface area contributed by atoms with Crippen molar-refractivity contribution in [1.82, 2.24) is 4.98 Å². The van der Waals surface area contributed by atoms with Gasteiger partial charge in [0.15, 0.2) is 5.13 Å². The van der Waals surface area contributed by atoms with Crippen LogP contribution in [-0.2, 0) is 0 Å². The summed E-state index contributed by atoms with van der Waals surface area (Å²) in [6.07, 6.45) is 4.58. The number of hydrogen-bond acceptors (Lipinski definition) is 5. The molecule has 0 amide bonds. The normalized spacial score (nSPS) is 15.6. The van der Waals surface area contributed by atoms with Gasteiger partial charge in [-0.1, -0.05) is 11.3 Å². The minimum Gasteiger partial charge on any atom is -0.399 e. The van der Waals surface area contributed by atoms with Crippen LogP contribution < -0.4 is 10.6 Å². The zero-order valence-electron chi connectivity index (χ0n) is 10.9. The number of fused-ring (bicyclic) bond motifs is 1. The summed E-state index contributed by atoms with van der Waals surface area (Å²) in [6.45, 7) is 1.12. The Bertz CT molecular complexity index is 565. The molecule has 0 aliphatic heterocycles. The summed E-state index contributed by atoms with van der Waals surface area (Å²) >= 11 is 1.70. The summed E-state index contributed by atoms with van der Waals surface area (Å²) in [4.78, 5) is 7.08. The number of nitrogens with two attached hydrogens (primary N) is 1. The van der Waals surface area contributed by atoms with Gasteiger partial charge in [-0.15, -0.1) is 0 Å². The predicted octanol–water partition coefficient (Wildman–Crippen LogP) is 2.62. The van der Waals surface area contributed by atoms with Crippen LogP contribution in [0.5, 0.6) is 0 Å². The van der Waals surface area contributed by atoms with Gasteiger partial charge in [-0.2, -0.15) is 0 Å². The first kappa shape index (κ1) is 12.7. The fourth-order valence-corrected chi connectivity index (χ4v) is 3.54. The predicted molar refractivity (Wildman–Crippen MR) is 80.7 cm³/mol. The van der Waals surface area contributed by atoms with Crippen LogP contribution in [0.2, 0.25) is 0 Å². The average molecular weight is 277 g/mol. The van der Waals surface area contributed by atoms with E-state index in [2.05, 4.69) is 4.90 Å². The molecule has 1 aromatic carbocycles. The molecule has 1 aromatic heterocycles. The monoisotopic (exact) mass is 277 g/mol. The van der Waals surface area contributed by atoms with Crippen molar-refractivity contribution in [3.63, 3.8) is 0 Å². The molecule has 0 unspecified atom stereocenters. The van der Waals surface area contributed by atoms with E-state index >= 15 is 0 Å². The van der Waals surface area contributed by atoms with E-state index in [1.165, 1.54) is 19.3 Å². The largest absolute Gasteiger partial charge is 0.399 e. The van der Waals surface area contributed by atoms with Gasteiger partial charge in [0.25, 0.3) is 0 Å². The van der Waals surface area contributed by atoms with Gasteiger partial charge in [0.1, 0.15) is 0 Å². The molecule has 4 nitrogen and oxygen atoms in total. The number of rotatable bonds is 5. The zero-order chi connectivity index (χ0) is 13.2. The first-order valence-corrected chi connectivity index (χ1v) is 7.63. The Hall–Kier alpha value is -1.33. The molecular weight excluding hydrogens is 258 g/mol. The molecule has 0 bridgehead atoms. The van der Waals surface area contributed by atoms with Gasteiger partial charge in [-0.25, -0.2) is 4.98 Å². The minimum atomic E-state index is 0.237. The summed E-state index contributed by atoms with van der Waals surface area (Å²) in [5.74, 6) is 0. The molecule has 19 heavy (non-hydrogen) atoms. The lowest BCUT2D eigenvalue weighted by Gasteiger charge is -2.37. The minimum absolute atomic E-state index is 0.237. The van der Waals surface area contributed by atoms with E-state index in [1.807, 2.05) is 18.2 Å². The summed E-state index contributed by atoms with van der Waals surface area (Å²) in [7, 11) is 0. The summed E-state index contributed by atoms with van der Waals surface area (Å²) in [5, 5.41) is 10.1. The van der Waals surface area contributed by atoms with E-state index in [0.29, 0.717) is 6.04 Å². The smallest absolute Gasteiger partial charge is 0.186 e. The van der Waals surface area contributed by atoms with Gasteiger partial charge in [-0.3, -0.25) is 0 Å². The standard InChI is InChI=1S/C14H19N3OS/c15-10-5-6-12-13(9-10)19-14(16-12)17(7-2-8-18)11-3-1-4-11/h5-6,9,11,18H,1-4,7-8,15H2. The van der Waals surface area contributed by atoms with Crippen LogP contribution in [0.15, 0.2) is 18.2 Å². The molecule has 5 heteroatoms. The Morgan fingerprint density at radius 2 is 2.26 bits per heavy atom. The third-order valence-corrected chi connectivity index (χ3v) is 4.77. The summed E-state index contributed by atoms with van der Waals surface area (Å²) in [6, 6.07) is 6.47. The van der Waals surface area contributed by atoms with Crippen LogP contribution in [0, 0.1) is 0 Å². The number of hydrogen-bond donors (Lipinski definition) is 2. The average Bonchev–Trinajstić information content (AvgIpc) is 2.74. The van der Waals surface area contributed by atoms with Crippen molar-refractivity contribution >= 4 is 32.4 Å². The van der Waals surface area contributed by atoms with Crippen LogP contribution in [0.25, 0.3) is 10.2 Å². The Balaban J connectivity index is 1.89. The van der Waals surface area contributed by atoms with E-state index in [-0.39, 0.29) is 6.61 Å². The van der Waals surface area contributed by atoms with Gasteiger partial charge in [0.2, 0.25) is 0 Å². The molecule has 102 valence electrons. The van der Waals surface area contributed by atoms with Crippen molar-refractivity contribution in [2.24, 2.45) is 0 Å². The van der Waals surface area contributed by atoms with Gasteiger partial charge in [0.05, 0.1) is 10.2 Å². The molecule has 3 N–H and O–H groups in total. The molecule has 0 spiro atoms. The first-order valence-electron chi connectivity index (χ1n) is 6.81. The molecule has 0 radical (unpaired) electrons. The number of anilines is 2. The molecule has 0 atom stereocenters. The lowest BCUT2D eigenvalue weighted by molar-refractivity contribution is 0.283. The van der Waals surface area contributed by atoms with Crippen LogP contribution >= 0.6 is 11.3 Å². The maximum absolute atomic E-state index is 9.05. The third kappa shape index (κ3) is 2.53. The molecule has 1 saturated carbocycles. The second kappa shape index (κ2) is 5.35. The number of nitrogens with zero attached hydrogens (tertiary/aromatic N) is 2. The highest BCUT2D eigenvalue weighted by Crippen LogP contribution is 2.35. The van der Waals surface area contributed by atoms with Gasteiger partial charge >= 0.3 is 0 Å². The van der Waals surface area contributed by atoms with E-state index < -0.39 is 0 Å². The summed E-state index contributed by atoms with van der Waals surface area (Å²) in [5.41, 5.74) is 7.62. The lowest BCUT2D eigenvalue weighted by Crippen LogP contribution is -2.41. The van der Waals surface area contributed by atoms with Crippen LogP contribution in [0.3, 0.4) is 0 Å². The van der Waals surface area contributed by atoms with E-state index in [1.54, 1.807) is 11.3 Å². The van der Waals surface area contributed by atoms with Gasteiger partial charge in [-0.05, 0) is 43.9 Å². The number of aromatic nitrogens is 1.